The number of rotatable bonds is 39. The maximum Gasteiger partial charge on any atom is 0.474 e. The van der Waals surface area contributed by atoms with E-state index in [1.807, 2.05) is 36.4 Å². The van der Waals surface area contributed by atoms with Crippen molar-refractivity contribution < 1.29 is 60.9 Å². The number of fused-ring (bicyclic) bond motifs is 3. The number of aromatic nitrogens is 9. The standard InChI is InChI=1S/C87H90Cl3N18O13P/c1-113-73-40-67-70(94-52-97-82(67)100-61-22-25-79(91-46-61)103-85(109)55-13-4-16-58(88)37-55)43-76(73)116-34-10-31-106-28-7-19-64(106)49-119-122(112,120-50-65-20-8-29-107(65)32-11-35-117-77-44-71-68(41-74(77)114-2)83(98-53-95-71)101-62-23-26-80(92-47-62)104-86(110)56-14-5-17-59(89)38-56)121-51-66-21-9-30-108(66)33-12-36-118-78-45-72-69(42-75(78)115-3)84(99-54-96-72)102-63-24-27-81(93-48-63)105-87(111)57-15-6-18-60(90)39-57/h4-6,13-18,22-27,37-48,52-54,64-66H,7-12,19-21,28-36,49-51H2,1-3H3,(H,91,103,109)(H,92,104,110)(H,93,105,111)(H,94,97,100)(H,95,98,101)(H,96,99,102)/t64-,65-,66-/m0/s1. The first-order chi connectivity index (χ1) is 59.5. The Kier molecular flexibility index (Phi) is 28.5. The van der Waals surface area contributed by atoms with Gasteiger partial charge in [0, 0.05) is 104 Å². The second-order valence-electron chi connectivity index (χ2n) is 29.2. The molecule has 9 heterocycles. The minimum absolute atomic E-state index is 0.0603. The fourth-order valence-electron chi connectivity index (χ4n) is 14.9. The lowest BCUT2D eigenvalue weighted by Gasteiger charge is -2.30. The summed E-state index contributed by atoms with van der Waals surface area (Å²) in [6.07, 6.45) is 16.5. The zero-order valence-electron chi connectivity index (χ0n) is 67.2. The summed E-state index contributed by atoms with van der Waals surface area (Å²) >= 11 is 18.3. The number of pyridine rings is 3. The minimum Gasteiger partial charge on any atom is -0.493 e. The van der Waals surface area contributed by atoms with Crippen molar-refractivity contribution in [1.29, 1.82) is 0 Å². The lowest BCUT2D eigenvalue weighted by atomic mass is 10.2. The average Bonchev–Trinajstić information content (AvgIpc) is 0.883. The zero-order chi connectivity index (χ0) is 84.3. The molecule has 3 fully saturated rings. The highest BCUT2D eigenvalue weighted by Gasteiger charge is 2.37. The number of ether oxygens (including phenoxy) is 6. The molecule has 3 atom stereocenters. The summed E-state index contributed by atoms with van der Waals surface area (Å²) in [7, 11) is 0.568. The van der Waals surface area contributed by atoms with Gasteiger partial charge in [-0.2, -0.15) is 0 Å². The fraction of sp³-hybridized carbons (Fsp3) is 0.310. The van der Waals surface area contributed by atoms with Crippen LogP contribution in [-0.4, -0.2) is 196 Å². The summed E-state index contributed by atoms with van der Waals surface area (Å²) in [6, 6.07) is 41.3. The molecular formula is C87H90Cl3N18O13P. The van der Waals surface area contributed by atoms with Crippen molar-refractivity contribution in [3.05, 3.63) is 215 Å². The summed E-state index contributed by atoms with van der Waals surface area (Å²) in [5, 5.41) is 21.8. The normalized spacial score (nSPS) is 15.6. The summed E-state index contributed by atoms with van der Waals surface area (Å²) in [4.78, 5) is 86.1. The van der Waals surface area contributed by atoms with Crippen LogP contribution >= 0.6 is 42.6 Å². The van der Waals surface area contributed by atoms with Gasteiger partial charge in [0.25, 0.3) is 17.7 Å². The lowest BCUT2D eigenvalue weighted by Crippen LogP contribution is -2.36. The number of hydrogen-bond acceptors (Lipinski definition) is 28. The molecule has 3 aliphatic rings. The van der Waals surface area contributed by atoms with Crippen molar-refractivity contribution in [2.75, 3.05) is 132 Å². The molecule has 35 heteroatoms. The van der Waals surface area contributed by atoms with Crippen LogP contribution in [0, 0.1) is 0 Å². The molecule has 6 aromatic carbocycles. The molecular weight excluding hydrogens is 1640 g/mol. The van der Waals surface area contributed by atoms with Crippen molar-refractivity contribution in [3.8, 4) is 34.5 Å². The van der Waals surface area contributed by atoms with Crippen LogP contribution in [0.15, 0.2) is 183 Å². The summed E-state index contributed by atoms with van der Waals surface area (Å²) < 4.78 is 71.8. The van der Waals surface area contributed by atoms with E-state index in [9.17, 15) is 14.4 Å². The van der Waals surface area contributed by atoms with Gasteiger partial charge in [-0.1, -0.05) is 53.0 Å². The van der Waals surface area contributed by atoms with Crippen molar-refractivity contribution in [2.45, 2.75) is 75.9 Å². The molecule has 3 amide bonds. The highest BCUT2D eigenvalue weighted by atomic mass is 35.5. The van der Waals surface area contributed by atoms with Crippen LogP contribution in [0.4, 0.5) is 52.0 Å². The Morgan fingerprint density at radius 3 is 0.984 bits per heavy atom. The first-order valence-electron chi connectivity index (χ1n) is 40.1. The van der Waals surface area contributed by atoms with Gasteiger partial charge < -0.3 is 60.3 Å². The van der Waals surface area contributed by atoms with Gasteiger partial charge >= 0.3 is 7.82 Å². The van der Waals surface area contributed by atoms with Crippen LogP contribution in [0.25, 0.3) is 32.7 Å². The van der Waals surface area contributed by atoms with Gasteiger partial charge in [0.15, 0.2) is 34.5 Å². The van der Waals surface area contributed by atoms with Crippen molar-refractivity contribution in [3.63, 3.8) is 0 Å². The molecule has 3 aliphatic heterocycles. The molecule has 0 unspecified atom stereocenters. The molecule has 632 valence electrons. The van der Waals surface area contributed by atoms with E-state index in [0.29, 0.717) is 210 Å². The average molecular weight is 1730 g/mol. The summed E-state index contributed by atoms with van der Waals surface area (Å²) in [6.45, 7) is 6.03. The van der Waals surface area contributed by atoms with Gasteiger partial charge in [0.1, 0.15) is 53.9 Å². The Morgan fingerprint density at radius 2 is 0.705 bits per heavy atom. The van der Waals surface area contributed by atoms with E-state index < -0.39 is 7.82 Å². The number of likely N-dealkylation sites (tertiary alicyclic amines) is 3. The van der Waals surface area contributed by atoms with E-state index in [4.69, 9.17) is 76.8 Å². The van der Waals surface area contributed by atoms with Crippen LogP contribution in [0.3, 0.4) is 0 Å². The number of nitrogens with one attached hydrogen (secondary N) is 6. The molecule has 122 heavy (non-hydrogen) atoms. The Balaban J connectivity index is 0.559. The Labute approximate surface area is 718 Å². The number of carbonyl (C=O) groups is 3. The number of nitrogens with zero attached hydrogens (tertiary/aromatic N) is 12. The van der Waals surface area contributed by atoms with Gasteiger partial charge in [-0.3, -0.25) is 42.7 Å². The molecule has 0 spiro atoms. The smallest absolute Gasteiger partial charge is 0.474 e. The van der Waals surface area contributed by atoms with Crippen molar-refractivity contribution >= 4 is 145 Å². The van der Waals surface area contributed by atoms with Crippen LogP contribution < -0.4 is 60.3 Å². The Bertz CT molecular complexity index is 5180. The maximum atomic E-state index is 15.4. The SMILES string of the molecule is COc1cc2c(Nc3ccc(NC(=O)c4cccc(Cl)c4)nc3)ncnc2cc1OCCCN1CCC[C@H]1COP(=O)(OC[C@@H]1CCCN1CCCOc1cc2ncnc(Nc3ccc(NC(=O)c4cccc(Cl)c4)nc3)c2cc1OC)OC[C@@H]1CCCN1CCCOc1cc2ncnc(Nc3ccc(NC(=O)c4cccc(Cl)c4)nc3)c2cc1OC. The molecule has 0 aliphatic carbocycles. The monoisotopic (exact) mass is 1730 g/mol. The molecule has 3 saturated heterocycles. The number of anilines is 9. The number of carbonyl (C=O) groups excluding carboxylic acids is 3. The topological polar surface area (TPSA) is 349 Å². The first-order valence-corrected chi connectivity index (χ1v) is 42.7. The number of phosphoric ester groups is 1. The van der Waals surface area contributed by atoms with Crippen LogP contribution in [0.5, 0.6) is 34.5 Å². The van der Waals surface area contributed by atoms with E-state index in [1.165, 1.54) is 19.0 Å². The van der Waals surface area contributed by atoms with E-state index in [2.05, 4.69) is 91.5 Å². The van der Waals surface area contributed by atoms with Crippen LogP contribution in [-0.2, 0) is 18.1 Å². The van der Waals surface area contributed by atoms with E-state index in [0.717, 1.165) is 58.2 Å². The van der Waals surface area contributed by atoms with Gasteiger partial charge in [-0.25, -0.2) is 49.4 Å². The van der Waals surface area contributed by atoms with Crippen LogP contribution in [0.2, 0.25) is 15.1 Å². The number of halogens is 3. The highest BCUT2D eigenvalue weighted by molar-refractivity contribution is 7.48. The third kappa shape index (κ3) is 22.1. The Hall–Kier alpha value is -11.7. The second kappa shape index (κ2) is 40.8. The van der Waals surface area contributed by atoms with E-state index >= 15 is 4.57 Å². The number of phosphoric acid groups is 1. The molecule has 15 rings (SSSR count). The summed E-state index contributed by atoms with van der Waals surface area (Å²) in [5.74, 6) is 4.71. The van der Waals surface area contributed by atoms with Crippen molar-refractivity contribution in [2.24, 2.45) is 0 Å². The molecule has 31 nitrogen and oxygen atoms in total. The Morgan fingerprint density at radius 1 is 0.393 bits per heavy atom. The van der Waals surface area contributed by atoms with E-state index in [1.54, 1.807) is 149 Å². The zero-order valence-corrected chi connectivity index (χ0v) is 70.3. The number of methoxy groups -OCH3 is 3. The van der Waals surface area contributed by atoms with Gasteiger partial charge in [-0.15, -0.1) is 0 Å². The third-order valence-corrected chi connectivity index (χ3v) is 23.2. The third-order valence-electron chi connectivity index (χ3n) is 21.1. The molecule has 6 aromatic heterocycles. The predicted octanol–water partition coefficient (Wildman–Crippen LogP) is 16.9. The van der Waals surface area contributed by atoms with Gasteiger partial charge in [-0.05, 0) is 187 Å². The lowest BCUT2D eigenvalue weighted by molar-refractivity contribution is 0.0570. The molecule has 0 saturated carbocycles. The molecule has 6 N–H and O–H groups in total. The van der Waals surface area contributed by atoms with Crippen molar-refractivity contribution in [1.82, 2.24) is 59.6 Å². The predicted molar refractivity (Wildman–Crippen MR) is 469 cm³/mol. The van der Waals surface area contributed by atoms with E-state index in [-0.39, 0.29) is 55.7 Å². The fourth-order valence-corrected chi connectivity index (χ4v) is 16.8. The largest absolute Gasteiger partial charge is 0.493 e. The van der Waals surface area contributed by atoms with Gasteiger partial charge in [0.05, 0.1) is 113 Å². The quantitative estimate of drug-likeness (QED) is 0.0154. The molecule has 0 bridgehead atoms. The highest BCUT2D eigenvalue weighted by Crippen LogP contribution is 2.51. The van der Waals surface area contributed by atoms with Crippen LogP contribution in [0.1, 0.15) is 88.9 Å². The molecule has 12 aromatic rings. The first kappa shape index (κ1) is 85.2. The minimum atomic E-state index is -4.19. The number of hydrogen-bond donors (Lipinski definition) is 6. The molecule has 0 radical (unpaired) electrons. The maximum absolute atomic E-state index is 15.4. The summed E-state index contributed by atoms with van der Waals surface area (Å²) in [5.41, 5.74) is 5.01. The number of benzene rings is 6. The van der Waals surface area contributed by atoms with Gasteiger partial charge in [0.2, 0.25) is 0 Å². The number of amides is 3. The second-order valence-corrected chi connectivity index (χ2v) is 32.2.